The topological polar surface area (TPSA) is 84.0 Å². The van der Waals surface area contributed by atoms with Crippen molar-refractivity contribution in [1.82, 2.24) is 4.90 Å². The lowest BCUT2D eigenvalue weighted by atomic mass is 10.2. The number of ether oxygens (including phenoxy) is 1. The molecule has 0 N–H and O–H groups in total. The number of hydrogen-bond donors (Lipinski definition) is 0. The third-order valence-corrected chi connectivity index (χ3v) is 6.67. The zero-order valence-corrected chi connectivity index (χ0v) is 19.6. The van der Waals surface area contributed by atoms with Crippen LogP contribution in [0.2, 0.25) is 0 Å². The van der Waals surface area contributed by atoms with Crippen LogP contribution in [0, 0.1) is 0 Å². The van der Waals surface area contributed by atoms with Crippen LogP contribution in [-0.2, 0) is 19.6 Å². The Labute approximate surface area is 184 Å². The normalized spacial score (nSPS) is 12.5. The highest BCUT2D eigenvalue weighted by molar-refractivity contribution is 7.92. The van der Waals surface area contributed by atoms with Gasteiger partial charge in [-0.1, -0.05) is 18.2 Å². The lowest BCUT2D eigenvalue weighted by molar-refractivity contribution is -0.143. The Kier molecular flexibility index (Phi) is 7.84. The first-order valence-electron chi connectivity index (χ1n) is 10.1. The fourth-order valence-electron chi connectivity index (χ4n) is 3.29. The van der Waals surface area contributed by atoms with Gasteiger partial charge >= 0.3 is 5.97 Å². The van der Waals surface area contributed by atoms with Crippen LogP contribution >= 0.6 is 0 Å². The van der Waals surface area contributed by atoms with Crippen molar-refractivity contribution in [3.8, 4) is 0 Å². The van der Waals surface area contributed by atoms with Gasteiger partial charge in [-0.2, -0.15) is 0 Å². The van der Waals surface area contributed by atoms with Gasteiger partial charge in [0.25, 0.3) is 15.9 Å². The molecular formula is C23H30N2O5S. The molecule has 8 heteroatoms. The molecule has 0 heterocycles. The molecule has 0 spiro atoms. The first-order chi connectivity index (χ1) is 14.5. The highest BCUT2D eigenvalue weighted by Crippen LogP contribution is 2.22. The molecule has 7 nitrogen and oxygen atoms in total. The van der Waals surface area contributed by atoms with Crippen LogP contribution in [-0.4, -0.2) is 50.4 Å². The van der Waals surface area contributed by atoms with Gasteiger partial charge in [0.1, 0.15) is 0 Å². The van der Waals surface area contributed by atoms with E-state index in [2.05, 4.69) is 0 Å². The maximum absolute atomic E-state index is 12.8. The van der Waals surface area contributed by atoms with E-state index in [1.54, 1.807) is 35.2 Å². The van der Waals surface area contributed by atoms with Crippen molar-refractivity contribution in [1.29, 1.82) is 0 Å². The summed E-state index contributed by atoms with van der Waals surface area (Å²) < 4.78 is 32.2. The average molecular weight is 447 g/mol. The molecule has 0 fully saturated rings. The molecule has 0 aliphatic rings. The van der Waals surface area contributed by atoms with Crippen molar-refractivity contribution >= 4 is 27.6 Å². The number of carbonyl (C=O) groups is 2. The van der Waals surface area contributed by atoms with Gasteiger partial charge in [-0.05, 0) is 71.0 Å². The zero-order valence-electron chi connectivity index (χ0n) is 18.8. The Bertz CT molecular complexity index is 994. The van der Waals surface area contributed by atoms with Gasteiger partial charge in [-0.15, -0.1) is 0 Å². The number of carbonyl (C=O) groups excluding carboxylic acids is 2. The third kappa shape index (κ3) is 5.64. The van der Waals surface area contributed by atoms with Crippen molar-refractivity contribution in [3.63, 3.8) is 0 Å². The summed E-state index contributed by atoms with van der Waals surface area (Å²) in [5, 5.41) is 0. The van der Waals surface area contributed by atoms with Crippen LogP contribution in [0.15, 0.2) is 59.5 Å². The van der Waals surface area contributed by atoms with E-state index in [-0.39, 0.29) is 28.4 Å². The number of para-hydroxylation sites is 1. The number of amides is 1. The molecule has 2 rings (SSSR count). The van der Waals surface area contributed by atoms with Gasteiger partial charge in [0.2, 0.25) is 0 Å². The first kappa shape index (κ1) is 24.4. The minimum atomic E-state index is -3.78. The molecule has 1 amide bonds. The molecular weight excluding hydrogens is 416 g/mol. The highest BCUT2D eigenvalue weighted by Gasteiger charge is 2.28. The second-order valence-electron chi connectivity index (χ2n) is 7.81. The Morgan fingerprint density at radius 2 is 1.35 bits per heavy atom. The van der Waals surface area contributed by atoms with E-state index in [0.29, 0.717) is 5.69 Å². The summed E-state index contributed by atoms with van der Waals surface area (Å²) in [6.45, 7) is 9.14. The van der Waals surface area contributed by atoms with Crippen molar-refractivity contribution < 1.29 is 22.7 Å². The molecule has 31 heavy (non-hydrogen) atoms. The molecule has 168 valence electrons. The minimum Gasteiger partial charge on any atom is -0.449 e. The second-order valence-corrected chi connectivity index (χ2v) is 9.78. The monoisotopic (exact) mass is 446 g/mol. The van der Waals surface area contributed by atoms with Crippen LogP contribution < -0.4 is 4.31 Å². The van der Waals surface area contributed by atoms with Gasteiger partial charge < -0.3 is 9.64 Å². The van der Waals surface area contributed by atoms with Crippen molar-refractivity contribution in [2.45, 2.75) is 57.7 Å². The number of nitrogens with zero attached hydrogens (tertiary/aromatic N) is 2. The van der Waals surface area contributed by atoms with Gasteiger partial charge in [0, 0.05) is 19.1 Å². The summed E-state index contributed by atoms with van der Waals surface area (Å²) in [6, 6.07) is 14.1. The van der Waals surface area contributed by atoms with Crippen molar-refractivity contribution in [2.75, 3.05) is 11.4 Å². The van der Waals surface area contributed by atoms with Crippen molar-refractivity contribution in [2.24, 2.45) is 0 Å². The van der Waals surface area contributed by atoms with Gasteiger partial charge in [0.05, 0.1) is 16.1 Å². The predicted octanol–water partition coefficient (Wildman–Crippen LogP) is 3.70. The maximum Gasteiger partial charge on any atom is 0.338 e. The lowest BCUT2D eigenvalue weighted by Gasteiger charge is -2.32. The molecule has 0 bridgehead atoms. The standard InChI is InChI=1S/C23H30N2O5S/c1-16(2)25(17(3)4)22(26)18(5)30-23(27)19-12-14-21(15-13-19)31(28,29)24(6)20-10-8-7-9-11-20/h7-18H,1-6H3/t18-/m1/s1. The number of esters is 1. The molecule has 0 saturated heterocycles. The zero-order chi connectivity index (χ0) is 23.3. The van der Waals surface area contributed by atoms with E-state index in [1.165, 1.54) is 42.5 Å². The third-order valence-electron chi connectivity index (χ3n) is 4.87. The summed E-state index contributed by atoms with van der Waals surface area (Å²) in [5.41, 5.74) is 0.694. The molecule has 0 aliphatic heterocycles. The Morgan fingerprint density at radius 1 is 0.839 bits per heavy atom. The van der Waals surface area contributed by atoms with Crippen molar-refractivity contribution in [3.05, 3.63) is 60.2 Å². The Morgan fingerprint density at radius 3 is 1.84 bits per heavy atom. The largest absolute Gasteiger partial charge is 0.449 e. The van der Waals surface area contributed by atoms with Gasteiger partial charge in [-0.25, -0.2) is 13.2 Å². The van der Waals surface area contributed by atoms with Crippen LogP contribution in [0.3, 0.4) is 0 Å². The van der Waals surface area contributed by atoms with E-state index in [1.807, 2.05) is 27.7 Å². The fourth-order valence-corrected chi connectivity index (χ4v) is 4.49. The van der Waals surface area contributed by atoms with E-state index < -0.39 is 22.1 Å². The number of hydrogen-bond acceptors (Lipinski definition) is 5. The summed E-state index contributed by atoms with van der Waals surface area (Å²) in [4.78, 5) is 26.8. The summed E-state index contributed by atoms with van der Waals surface area (Å²) in [6.07, 6.45) is -0.954. The van der Waals surface area contributed by atoms with Crippen LogP contribution in [0.5, 0.6) is 0 Å². The molecule has 2 aromatic carbocycles. The quantitative estimate of drug-likeness (QED) is 0.577. The number of sulfonamides is 1. The second kappa shape index (κ2) is 9.96. The van der Waals surface area contributed by atoms with E-state index >= 15 is 0 Å². The van der Waals surface area contributed by atoms with Gasteiger partial charge in [0.15, 0.2) is 6.10 Å². The Balaban J connectivity index is 2.14. The van der Waals surface area contributed by atoms with E-state index in [4.69, 9.17) is 4.74 Å². The first-order valence-corrected chi connectivity index (χ1v) is 11.6. The molecule has 0 saturated carbocycles. The molecule has 2 aromatic rings. The number of anilines is 1. The van der Waals surface area contributed by atoms with Gasteiger partial charge in [-0.3, -0.25) is 9.10 Å². The number of rotatable bonds is 8. The minimum absolute atomic E-state index is 0.0280. The van der Waals surface area contributed by atoms with Crippen LogP contribution in [0.4, 0.5) is 5.69 Å². The highest BCUT2D eigenvalue weighted by atomic mass is 32.2. The summed E-state index contributed by atoms with van der Waals surface area (Å²) in [5.74, 6) is -0.962. The van der Waals surface area contributed by atoms with Crippen LogP contribution in [0.25, 0.3) is 0 Å². The SMILES string of the molecule is CC(C)N(C(=O)[C@@H](C)OC(=O)c1ccc(S(=O)(=O)N(C)c2ccccc2)cc1)C(C)C. The summed E-state index contributed by atoms with van der Waals surface area (Å²) in [7, 11) is -2.31. The number of benzene rings is 2. The molecule has 0 aromatic heterocycles. The molecule has 0 unspecified atom stereocenters. The molecule has 1 atom stereocenters. The maximum atomic E-state index is 12.8. The van der Waals surface area contributed by atoms with E-state index in [0.717, 1.165) is 0 Å². The smallest absolute Gasteiger partial charge is 0.338 e. The fraction of sp³-hybridized carbons (Fsp3) is 0.391. The molecule has 0 radical (unpaired) electrons. The molecule has 0 aliphatic carbocycles. The predicted molar refractivity (Wildman–Crippen MR) is 120 cm³/mol. The lowest BCUT2D eigenvalue weighted by Crippen LogP contribution is -2.47. The van der Waals surface area contributed by atoms with E-state index in [9.17, 15) is 18.0 Å². The Hall–Kier alpha value is -2.87. The average Bonchev–Trinajstić information content (AvgIpc) is 2.73. The summed E-state index contributed by atoms with van der Waals surface area (Å²) >= 11 is 0. The van der Waals surface area contributed by atoms with Crippen LogP contribution in [0.1, 0.15) is 45.0 Å².